The molecule has 3 aromatic rings. The first-order valence-electron chi connectivity index (χ1n) is 13.0. The molecule has 0 radical (unpaired) electrons. The molecule has 1 aliphatic rings. The van der Waals surface area contributed by atoms with E-state index in [-0.39, 0.29) is 34.6 Å². The standard InChI is InChI=1S/C27H35N7O4/c1-5-6-14-33-22-23(30-26(33)32-13-9-10-18(28)15-32)31(4)27(38)34(25(22)37)16-21(35)19-11-7-8-12-20(19)29-24(36)17(2)3/h6-8,11-12,14,17-18H,5,9-10,13,15-16,28H2,1-4H3,(H,29,36)/b14-6+/t18-/m0/s1. The van der Waals surface area contributed by atoms with Gasteiger partial charge in [0.1, 0.15) is 0 Å². The van der Waals surface area contributed by atoms with E-state index in [1.165, 1.54) is 11.6 Å². The number of nitrogens with zero attached hydrogens (tertiary/aromatic N) is 5. The number of hydrogen-bond acceptors (Lipinski definition) is 7. The van der Waals surface area contributed by atoms with E-state index in [1.54, 1.807) is 48.9 Å². The number of allylic oxidation sites excluding steroid dienone is 1. The summed E-state index contributed by atoms with van der Waals surface area (Å²) in [6.45, 7) is 6.32. The summed E-state index contributed by atoms with van der Waals surface area (Å²) in [6, 6.07) is 6.55. The predicted molar refractivity (Wildman–Crippen MR) is 149 cm³/mol. The van der Waals surface area contributed by atoms with Gasteiger partial charge in [-0.25, -0.2) is 4.79 Å². The number of carbonyl (C=O) groups is 2. The van der Waals surface area contributed by atoms with Gasteiger partial charge in [0.2, 0.25) is 11.9 Å². The average molecular weight is 522 g/mol. The lowest BCUT2D eigenvalue weighted by atomic mass is 10.1. The van der Waals surface area contributed by atoms with Gasteiger partial charge < -0.3 is 16.0 Å². The number of para-hydroxylation sites is 1. The summed E-state index contributed by atoms with van der Waals surface area (Å²) in [5.74, 6) is -0.453. The van der Waals surface area contributed by atoms with E-state index >= 15 is 0 Å². The van der Waals surface area contributed by atoms with Crippen molar-refractivity contribution in [3.05, 3.63) is 56.7 Å². The predicted octanol–water partition coefficient (Wildman–Crippen LogP) is 2.18. The number of imidazole rings is 1. The molecule has 0 saturated carbocycles. The number of hydrogen-bond donors (Lipinski definition) is 2. The van der Waals surface area contributed by atoms with E-state index in [2.05, 4.69) is 10.3 Å². The minimum absolute atomic E-state index is 0.0125. The molecule has 3 N–H and O–H groups in total. The number of carbonyl (C=O) groups excluding carboxylic acids is 2. The van der Waals surface area contributed by atoms with Crippen LogP contribution in [0.2, 0.25) is 0 Å². The zero-order valence-electron chi connectivity index (χ0n) is 22.3. The average Bonchev–Trinajstić information content (AvgIpc) is 3.28. The maximum Gasteiger partial charge on any atom is 0.332 e. The van der Waals surface area contributed by atoms with Gasteiger partial charge in [-0.15, -0.1) is 0 Å². The molecular weight excluding hydrogens is 486 g/mol. The second kappa shape index (κ2) is 11.2. The lowest BCUT2D eigenvalue weighted by molar-refractivity contribution is -0.118. The van der Waals surface area contributed by atoms with Crippen LogP contribution in [0.15, 0.2) is 39.9 Å². The third-order valence-corrected chi connectivity index (χ3v) is 6.70. The maximum absolute atomic E-state index is 13.8. The van der Waals surface area contributed by atoms with E-state index in [0.29, 0.717) is 18.2 Å². The lowest BCUT2D eigenvalue weighted by Gasteiger charge is -2.31. The lowest BCUT2D eigenvalue weighted by Crippen LogP contribution is -2.43. The van der Waals surface area contributed by atoms with Crippen LogP contribution < -0.4 is 27.2 Å². The molecule has 1 aliphatic heterocycles. The smallest absolute Gasteiger partial charge is 0.332 e. The first-order chi connectivity index (χ1) is 18.1. The quantitative estimate of drug-likeness (QED) is 0.434. The van der Waals surface area contributed by atoms with Crippen molar-refractivity contribution in [1.82, 2.24) is 18.7 Å². The van der Waals surface area contributed by atoms with Crippen LogP contribution in [0.3, 0.4) is 0 Å². The molecule has 4 rings (SSSR count). The Bertz CT molecular complexity index is 1510. The van der Waals surface area contributed by atoms with Gasteiger partial charge in [0.15, 0.2) is 16.9 Å². The Balaban J connectivity index is 1.82. The summed E-state index contributed by atoms with van der Waals surface area (Å²) < 4.78 is 3.91. The van der Waals surface area contributed by atoms with E-state index in [1.807, 2.05) is 17.9 Å². The Morgan fingerprint density at radius 1 is 1.24 bits per heavy atom. The first kappa shape index (κ1) is 27.1. The number of rotatable bonds is 8. The Morgan fingerprint density at radius 3 is 2.66 bits per heavy atom. The number of benzene rings is 1. The van der Waals surface area contributed by atoms with Crippen LogP contribution in [-0.4, -0.2) is 49.5 Å². The fourth-order valence-corrected chi connectivity index (χ4v) is 4.58. The number of ketones is 1. The largest absolute Gasteiger partial charge is 0.340 e. The number of nitrogens with two attached hydrogens (primary N) is 1. The number of Topliss-reactive ketones (excluding diaryl/α,β-unsaturated/α-hetero) is 1. The van der Waals surface area contributed by atoms with Crippen molar-refractivity contribution in [2.24, 2.45) is 18.7 Å². The van der Waals surface area contributed by atoms with Gasteiger partial charge in [-0.2, -0.15) is 4.98 Å². The van der Waals surface area contributed by atoms with Crippen LogP contribution in [0.1, 0.15) is 50.4 Å². The van der Waals surface area contributed by atoms with Crippen LogP contribution >= 0.6 is 0 Å². The molecule has 202 valence electrons. The molecule has 0 spiro atoms. The molecule has 1 fully saturated rings. The molecule has 0 bridgehead atoms. The van der Waals surface area contributed by atoms with Gasteiger partial charge in [-0.3, -0.25) is 28.1 Å². The highest BCUT2D eigenvalue weighted by molar-refractivity contribution is 6.05. The number of aryl methyl sites for hydroxylation is 1. The van der Waals surface area contributed by atoms with Crippen molar-refractivity contribution in [2.75, 3.05) is 23.3 Å². The van der Waals surface area contributed by atoms with Gasteiger partial charge in [0, 0.05) is 43.9 Å². The summed E-state index contributed by atoms with van der Waals surface area (Å²) in [6.07, 6.45) is 6.22. The van der Waals surface area contributed by atoms with Crippen LogP contribution in [-0.2, 0) is 18.4 Å². The number of piperidine rings is 1. The fourth-order valence-electron chi connectivity index (χ4n) is 4.58. The first-order valence-corrected chi connectivity index (χ1v) is 13.0. The molecule has 38 heavy (non-hydrogen) atoms. The topological polar surface area (TPSA) is 137 Å². The summed E-state index contributed by atoms with van der Waals surface area (Å²) in [7, 11) is 1.54. The number of aromatic nitrogens is 4. The molecule has 11 heteroatoms. The minimum Gasteiger partial charge on any atom is -0.340 e. The molecule has 2 aromatic heterocycles. The minimum atomic E-state index is -0.648. The summed E-state index contributed by atoms with van der Waals surface area (Å²) in [5.41, 5.74) is 5.95. The molecule has 0 aliphatic carbocycles. The highest BCUT2D eigenvalue weighted by Gasteiger charge is 2.26. The van der Waals surface area contributed by atoms with Crippen LogP contribution in [0.25, 0.3) is 17.4 Å². The van der Waals surface area contributed by atoms with Crippen LogP contribution in [0.4, 0.5) is 11.6 Å². The van der Waals surface area contributed by atoms with Gasteiger partial charge in [-0.1, -0.05) is 39.0 Å². The van der Waals surface area contributed by atoms with Gasteiger partial charge in [0.25, 0.3) is 5.56 Å². The van der Waals surface area contributed by atoms with Gasteiger partial charge in [0.05, 0.1) is 12.2 Å². The second-order valence-electron chi connectivity index (χ2n) is 9.94. The van der Waals surface area contributed by atoms with Crippen molar-refractivity contribution < 1.29 is 9.59 Å². The Kier molecular flexibility index (Phi) is 7.96. The molecule has 0 unspecified atom stereocenters. The zero-order chi connectivity index (χ0) is 27.6. The van der Waals surface area contributed by atoms with Crippen molar-refractivity contribution in [3.8, 4) is 0 Å². The van der Waals surface area contributed by atoms with E-state index in [4.69, 9.17) is 5.73 Å². The third kappa shape index (κ3) is 5.19. The van der Waals surface area contributed by atoms with Gasteiger partial charge in [-0.05, 0) is 31.4 Å². The molecule has 1 saturated heterocycles. The molecule has 3 heterocycles. The fraction of sp³-hybridized carbons (Fsp3) is 0.444. The number of nitrogens with one attached hydrogen (secondary N) is 1. The zero-order valence-corrected chi connectivity index (χ0v) is 22.3. The normalized spacial score (nSPS) is 16.1. The molecule has 1 atom stereocenters. The molecule has 1 amide bonds. The van der Waals surface area contributed by atoms with E-state index < -0.39 is 23.6 Å². The Hall–Kier alpha value is -3.99. The SMILES string of the molecule is CC/C=C/n1c(N2CCC[C@H](N)C2)nc2c1c(=O)n(CC(=O)c1ccccc1NC(=O)C(C)C)c(=O)n2C. The highest BCUT2D eigenvalue weighted by Crippen LogP contribution is 2.24. The Labute approximate surface area is 220 Å². The monoisotopic (exact) mass is 521 g/mol. The van der Waals surface area contributed by atoms with Crippen LogP contribution in [0, 0.1) is 5.92 Å². The summed E-state index contributed by atoms with van der Waals surface area (Å²) in [5, 5.41) is 2.75. The molecule has 1 aromatic carbocycles. The summed E-state index contributed by atoms with van der Waals surface area (Å²) in [4.78, 5) is 59.4. The number of anilines is 2. The van der Waals surface area contributed by atoms with Crippen LogP contribution in [0.5, 0.6) is 0 Å². The molecular formula is C27H35N7O4. The highest BCUT2D eigenvalue weighted by atomic mass is 16.2. The maximum atomic E-state index is 13.8. The van der Waals surface area contributed by atoms with Gasteiger partial charge >= 0.3 is 5.69 Å². The van der Waals surface area contributed by atoms with E-state index in [9.17, 15) is 19.2 Å². The molecule has 11 nitrogen and oxygen atoms in total. The van der Waals surface area contributed by atoms with Crippen molar-refractivity contribution >= 4 is 40.7 Å². The van der Waals surface area contributed by atoms with Crippen molar-refractivity contribution in [2.45, 2.75) is 52.6 Å². The summed E-state index contributed by atoms with van der Waals surface area (Å²) >= 11 is 0. The second-order valence-corrected chi connectivity index (χ2v) is 9.94. The number of fused-ring (bicyclic) bond motifs is 1. The Morgan fingerprint density at radius 2 is 1.97 bits per heavy atom. The van der Waals surface area contributed by atoms with E-state index in [0.717, 1.165) is 30.4 Å². The third-order valence-electron chi connectivity index (χ3n) is 6.70. The van der Waals surface area contributed by atoms with Crippen molar-refractivity contribution in [3.63, 3.8) is 0 Å². The van der Waals surface area contributed by atoms with Crippen molar-refractivity contribution in [1.29, 1.82) is 0 Å². The number of amides is 1.